The number of benzene rings is 9. The molecule has 0 saturated heterocycles. The van der Waals surface area contributed by atoms with Gasteiger partial charge in [0.05, 0.1) is 27.9 Å². The molecule has 1 aliphatic rings. The lowest BCUT2D eigenvalue weighted by molar-refractivity contribution is 0.879. The van der Waals surface area contributed by atoms with E-state index >= 15 is 0 Å². The molecule has 0 aliphatic carbocycles. The van der Waals surface area contributed by atoms with Gasteiger partial charge in [-0.25, -0.2) is 0 Å². The topological polar surface area (TPSA) is 19.2 Å². The molecule has 0 saturated carbocycles. The molecular formula is C74H52N4. The average Bonchev–Trinajstić information content (AvgIpc) is 4.38. The Kier molecular flexibility index (Phi) is 11.0. The second-order valence-corrected chi connectivity index (χ2v) is 20.5. The van der Waals surface area contributed by atoms with Gasteiger partial charge in [-0.2, -0.15) is 0 Å². The molecule has 4 heteroatoms. The third-order valence-electron chi connectivity index (χ3n) is 15.9. The number of hydrogen-bond acceptors (Lipinski definition) is 0. The molecule has 0 N–H and O–H groups in total. The summed E-state index contributed by atoms with van der Waals surface area (Å²) in [6, 6.07) is 95.6. The molecule has 0 fully saturated rings. The van der Waals surface area contributed by atoms with Crippen LogP contribution in [0.1, 0.15) is 12.1 Å². The van der Waals surface area contributed by atoms with E-state index in [0.29, 0.717) is 0 Å². The lowest BCUT2D eigenvalue weighted by atomic mass is 9.95. The van der Waals surface area contributed by atoms with Gasteiger partial charge in [-0.1, -0.05) is 206 Å². The summed E-state index contributed by atoms with van der Waals surface area (Å²) in [5.74, 6) is 0. The van der Waals surface area contributed by atoms with Gasteiger partial charge in [-0.3, -0.25) is 0 Å². The highest BCUT2D eigenvalue weighted by Crippen LogP contribution is 2.43. The highest BCUT2D eigenvalue weighted by molar-refractivity contribution is 6.03. The van der Waals surface area contributed by atoms with Crippen LogP contribution in [0.15, 0.2) is 286 Å². The summed E-state index contributed by atoms with van der Waals surface area (Å²) in [6.45, 7) is 0. The second kappa shape index (κ2) is 18.9. The third-order valence-corrected chi connectivity index (χ3v) is 15.9. The summed E-state index contributed by atoms with van der Waals surface area (Å²) in [5.41, 5.74) is 26.3. The van der Waals surface area contributed by atoms with Crippen molar-refractivity contribution in [3.63, 3.8) is 0 Å². The first kappa shape index (κ1) is 45.3. The molecule has 14 aromatic rings. The summed E-state index contributed by atoms with van der Waals surface area (Å²) in [5, 5.41) is 2.34. The van der Waals surface area contributed by atoms with Crippen molar-refractivity contribution in [3.8, 4) is 101 Å². The van der Waals surface area contributed by atoms with Crippen LogP contribution in [0.3, 0.4) is 0 Å². The first-order chi connectivity index (χ1) is 38.7. The molecule has 0 bridgehead atoms. The van der Waals surface area contributed by atoms with Crippen LogP contribution in [0.2, 0.25) is 0 Å². The maximum Gasteiger partial charge on any atom is 0.0542 e. The molecule has 78 heavy (non-hydrogen) atoms. The van der Waals surface area contributed by atoms with Crippen LogP contribution in [0.25, 0.3) is 134 Å². The van der Waals surface area contributed by atoms with E-state index in [4.69, 9.17) is 0 Å². The monoisotopic (exact) mass is 996 g/mol. The molecule has 5 aromatic heterocycles. The van der Waals surface area contributed by atoms with Gasteiger partial charge in [-0.05, 0) is 129 Å². The maximum atomic E-state index is 2.47. The van der Waals surface area contributed by atoms with Crippen LogP contribution >= 0.6 is 0 Å². The van der Waals surface area contributed by atoms with Crippen molar-refractivity contribution in [2.75, 3.05) is 0 Å². The molecule has 4 nitrogen and oxygen atoms in total. The van der Waals surface area contributed by atoms with Gasteiger partial charge in [0.1, 0.15) is 0 Å². The van der Waals surface area contributed by atoms with Crippen LogP contribution in [-0.4, -0.2) is 18.1 Å². The summed E-state index contributed by atoms with van der Waals surface area (Å²) in [6.07, 6.45) is 13.3. The quantitative estimate of drug-likeness (QED) is 0.130. The normalized spacial score (nSPS) is 12.2. The number of fused-ring (bicyclic) bond motifs is 4. The van der Waals surface area contributed by atoms with Gasteiger partial charge < -0.3 is 18.1 Å². The first-order valence-electron chi connectivity index (χ1n) is 27.0. The number of hydrogen-bond donors (Lipinski definition) is 0. The lowest BCUT2D eigenvalue weighted by Crippen LogP contribution is -1.99. The minimum atomic E-state index is 1.02. The Morgan fingerprint density at radius 2 is 0.718 bits per heavy atom. The molecule has 0 atom stereocenters. The van der Waals surface area contributed by atoms with Crippen LogP contribution < -0.4 is 0 Å². The molecule has 368 valence electrons. The molecule has 6 heterocycles. The summed E-state index contributed by atoms with van der Waals surface area (Å²) < 4.78 is 9.50. The largest absolute Gasteiger partial charge is 0.327 e. The van der Waals surface area contributed by atoms with Crippen LogP contribution in [0, 0.1) is 0 Å². The van der Waals surface area contributed by atoms with Crippen LogP contribution in [0.4, 0.5) is 0 Å². The number of pyridine rings is 1. The Morgan fingerprint density at radius 1 is 0.308 bits per heavy atom. The number of aromatic nitrogens is 4. The number of rotatable bonds is 10. The first-order valence-corrected chi connectivity index (χ1v) is 27.0. The average molecular weight is 997 g/mol. The zero-order chi connectivity index (χ0) is 51.5. The van der Waals surface area contributed by atoms with Crippen molar-refractivity contribution in [3.05, 3.63) is 291 Å². The smallest absolute Gasteiger partial charge is 0.0542 e. The predicted molar refractivity (Wildman–Crippen MR) is 326 cm³/mol. The third kappa shape index (κ3) is 7.85. The van der Waals surface area contributed by atoms with E-state index in [9.17, 15) is 0 Å². The molecule has 9 aromatic carbocycles. The molecule has 15 rings (SSSR count). The van der Waals surface area contributed by atoms with Crippen molar-refractivity contribution in [2.24, 2.45) is 0 Å². The predicted octanol–water partition coefficient (Wildman–Crippen LogP) is 19.4. The Labute approximate surface area is 454 Å². The highest BCUT2D eigenvalue weighted by Gasteiger charge is 2.23. The molecule has 0 amide bonds. The second-order valence-electron chi connectivity index (χ2n) is 20.5. The van der Waals surface area contributed by atoms with Crippen molar-refractivity contribution in [2.45, 2.75) is 12.8 Å². The Hall–Kier alpha value is -10.2. The summed E-state index contributed by atoms with van der Waals surface area (Å²) >= 11 is 0. The standard InChI is InChI=1S/C74H52N4/c1-5-17-51(18-6-1)53-27-31-57(32-28-53)69-45-61-47-72-62(48-71(61)77(69)63-39-35-55(36-40-63)65-49-75-43-15-13-25-67(75)73(65)59-21-9-3-10-22-59)46-70(58-33-29-54(30-34-58)52-19-7-2-8-20-52)78(72)64-41-37-56(38-42-64)66-50-76-44-16-14-26-68(76)74(66)60-23-11-4-12-24-60/h1-13,15-25,27-50H,14,26H2. The summed E-state index contributed by atoms with van der Waals surface area (Å²) in [7, 11) is 0. The number of allylic oxidation sites excluding steroid dienone is 1. The summed E-state index contributed by atoms with van der Waals surface area (Å²) in [4.78, 5) is 0. The fourth-order valence-corrected chi connectivity index (χ4v) is 12.2. The Bertz CT molecular complexity index is 4520. The number of nitrogens with zero attached hydrogens (tertiary/aromatic N) is 4. The van der Waals surface area contributed by atoms with E-state index in [1.54, 1.807) is 0 Å². The lowest BCUT2D eigenvalue weighted by Gasteiger charge is -2.14. The molecule has 0 spiro atoms. The minimum absolute atomic E-state index is 1.02. The fourth-order valence-electron chi connectivity index (χ4n) is 12.2. The highest BCUT2D eigenvalue weighted by atomic mass is 15.0. The Balaban J connectivity index is 0.902. The zero-order valence-electron chi connectivity index (χ0n) is 42.9. The minimum Gasteiger partial charge on any atom is -0.327 e. The maximum absolute atomic E-state index is 2.47. The van der Waals surface area contributed by atoms with E-state index in [-0.39, 0.29) is 0 Å². The zero-order valence-corrected chi connectivity index (χ0v) is 42.9. The van der Waals surface area contributed by atoms with Gasteiger partial charge in [0.15, 0.2) is 0 Å². The Morgan fingerprint density at radius 3 is 1.22 bits per heavy atom. The van der Waals surface area contributed by atoms with E-state index in [1.807, 2.05) is 0 Å². The van der Waals surface area contributed by atoms with Gasteiger partial charge in [0, 0.05) is 74.9 Å². The van der Waals surface area contributed by atoms with Crippen molar-refractivity contribution < 1.29 is 0 Å². The van der Waals surface area contributed by atoms with Gasteiger partial charge in [0.25, 0.3) is 0 Å². The van der Waals surface area contributed by atoms with E-state index in [0.717, 1.165) is 57.8 Å². The fraction of sp³-hybridized carbons (Fsp3) is 0.0270. The molecular weight excluding hydrogens is 945 g/mol. The van der Waals surface area contributed by atoms with Gasteiger partial charge in [-0.15, -0.1) is 0 Å². The van der Waals surface area contributed by atoms with E-state index in [2.05, 4.69) is 310 Å². The van der Waals surface area contributed by atoms with Crippen molar-refractivity contribution >= 4 is 33.5 Å². The molecule has 0 unspecified atom stereocenters. The van der Waals surface area contributed by atoms with Gasteiger partial charge in [0.2, 0.25) is 0 Å². The molecule has 0 radical (unpaired) electrons. The van der Waals surface area contributed by atoms with Crippen molar-refractivity contribution in [1.29, 1.82) is 0 Å². The van der Waals surface area contributed by atoms with E-state index < -0.39 is 0 Å². The van der Waals surface area contributed by atoms with E-state index in [1.165, 1.54) is 88.7 Å². The molecule has 1 aliphatic heterocycles. The van der Waals surface area contributed by atoms with Crippen molar-refractivity contribution in [1.82, 2.24) is 18.1 Å². The SMILES string of the molecule is C1=Cn2cc(-c3ccc(-n4c(-c5ccc(-c6ccccc6)cc5)cc5cc6c(cc(-c7ccc(-c8ccccc8)cc7)n6-c6ccc(-c7cn8ccccc8c7-c7ccccc7)cc6)cc54)cc3)c(-c3ccccc3)c2CC1. The van der Waals surface area contributed by atoms with Crippen LogP contribution in [0.5, 0.6) is 0 Å². The van der Waals surface area contributed by atoms with Gasteiger partial charge >= 0.3 is 0 Å². The van der Waals surface area contributed by atoms with Crippen LogP contribution in [-0.2, 0) is 6.42 Å².